The van der Waals surface area contributed by atoms with Crippen LogP contribution in [0.1, 0.15) is 5.56 Å². The summed E-state index contributed by atoms with van der Waals surface area (Å²) >= 11 is 0. The van der Waals surface area contributed by atoms with Crippen molar-refractivity contribution in [3.63, 3.8) is 0 Å². The summed E-state index contributed by atoms with van der Waals surface area (Å²) in [5, 5.41) is 10.4. The van der Waals surface area contributed by atoms with Crippen molar-refractivity contribution in [3.8, 4) is 0 Å². The second kappa shape index (κ2) is 4.72. The van der Waals surface area contributed by atoms with Crippen molar-refractivity contribution in [1.29, 1.82) is 0 Å². The predicted octanol–water partition coefficient (Wildman–Crippen LogP) is -0.0152. The lowest BCUT2D eigenvalue weighted by Gasteiger charge is -2.49. The minimum atomic E-state index is -0.276. The van der Waals surface area contributed by atoms with Crippen molar-refractivity contribution in [2.75, 3.05) is 32.7 Å². The highest BCUT2D eigenvalue weighted by Gasteiger charge is 2.35. The SMILES string of the molecule is OC(Cc1cccnc1)C1CN2CCN1CC2. The number of hydrogen-bond donors (Lipinski definition) is 1. The Morgan fingerprint density at radius 1 is 1.35 bits per heavy atom. The minimum Gasteiger partial charge on any atom is -0.391 e. The number of aliphatic hydroxyl groups is 1. The Kier molecular flexibility index (Phi) is 3.09. The third-order valence-corrected chi connectivity index (χ3v) is 3.93. The number of aromatic nitrogens is 1. The molecule has 4 rings (SSSR count). The van der Waals surface area contributed by atoms with Gasteiger partial charge >= 0.3 is 0 Å². The third kappa shape index (κ3) is 2.34. The highest BCUT2D eigenvalue weighted by atomic mass is 16.3. The lowest BCUT2D eigenvalue weighted by Crippen LogP contribution is -2.64. The molecule has 4 heterocycles. The summed E-state index contributed by atoms with van der Waals surface area (Å²) in [6.07, 6.45) is 4.05. The van der Waals surface area contributed by atoms with Crippen molar-refractivity contribution < 1.29 is 5.11 Å². The van der Waals surface area contributed by atoms with Crippen molar-refractivity contribution in [2.45, 2.75) is 18.6 Å². The normalized spacial score (nSPS) is 33.6. The van der Waals surface area contributed by atoms with Crippen molar-refractivity contribution >= 4 is 0 Å². The fourth-order valence-corrected chi connectivity index (χ4v) is 2.92. The zero-order valence-corrected chi connectivity index (χ0v) is 10.00. The summed E-state index contributed by atoms with van der Waals surface area (Å²) in [5.41, 5.74) is 1.12. The maximum Gasteiger partial charge on any atom is 0.0748 e. The van der Waals surface area contributed by atoms with E-state index in [1.54, 1.807) is 6.20 Å². The van der Waals surface area contributed by atoms with Crippen LogP contribution in [0.5, 0.6) is 0 Å². The Balaban J connectivity index is 1.64. The number of hydrogen-bond acceptors (Lipinski definition) is 4. The average molecular weight is 233 g/mol. The van der Waals surface area contributed by atoms with E-state index in [0.29, 0.717) is 12.5 Å². The number of rotatable bonds is 3. The molecule has 2 bridgehead atoms. The molecule has 0 aromatic carbocycles. The number of pyridine rings is 1. The van der Waals surface area contributed by atoms with Crippen molar-refractivity contribution in [2.24, 2.45) is 0 Å². The van der Waals surface area contributed by atoms with E-state index in [0.717, 1.165) is 38.3 Å². The van der Waals surface area contributed by atoms with Gasteiger partial charge < -0.3 is 5.11 Å². The fraction of sp³-hybridized carbons (Fsp3) is 0.615. The Morgan fingerprint density at radius 3 is 2.76 bits per heavy atom. The first-order valence-electron chi connectivity index (χ1n) is 6.36. The molecular weight excluding hydrogens is 214 g/mol. The zero-order valence-electron chi connectivity index (χ0n) is 10.00. The smallest absolute Gasteiger partial charge is 0.0748 e. The average Bonchev–Trinajstić information content (AvgIpc) is 2.41. The van der Waals surface area contributed by atoms with Crippen molar-refractivity contribution in [3.05, 3.63) is 30.1 Å². The fourth-order valence-electron chi connectivity index (χ4n) is 2.92. The van der Waals surface area contributed by atoms with E-state index >= 15 is 0 Å². The van der Waals surface area contributed by atoms with Gasteiger partial charge in [0.1, 0.15) is 0 Å². The van der Waals surface area contributed by atoms with Crippen molar-refractivity contribution in [1.82, 2.24) is 14.8 Å². The predicted molar refractivity (Wildman–Crippen MR) is 65.7 cm³/mol. The van der Waals surface area contributed by atoms with E-state index in [1.807, 2.05) is 18.3 Å². The minimum absolute atomic E-state index is 0.276. The van der Waals surface area contributed by atoms with E-state index in [-0.39, 0.29) is 6.10 Å². The van der Waals surface area contributed by atoms with Crippen LogP contribution < -0.4 is 0 Å². The third-order valence-electron chi connectivity index (χ3n) is 3.93. The highest BCUT2D eigenvalue weighted by molar-refractivity contribution is 5.11. The van der Waals surface area contributed by atoms with Crippen LogP contribution in [0, 0.1) is 0 Å². The Hall–Kier alpha value is -0.970. The molecule has 0 radical (unpaired) electrons. The van der Waals surface area contributed by atoms with E-state index in [9.17, 15) is 5.11 Å². The van der Waals surface area contributed by atoms with Crippen LogP contribution in [0.25, 0.3) is 0 Å². The van der Waals surface area contributed by atoms with Crippen LogP contribution >= 0.6 is 0 Å². The molecule has 0 spiro atoms. The second-order valence-corrected chi connectivity index (χ2v) is 5.04. The van der Waals surface area contributed by atoms with Crippen LogP contribution in [0.3, 0.4) is 0 Å². The molecule has 92 valence electrons. The molecule has 3 aliphatic rings. The first kappa shape index (κ1) is 11.1. The molecule has 4 nitrogen and oxygen atoms in total. The lowest BCUT2D eigenvalue weighted by atomic mass is 9.97. The molecular formula is C13H19N3O. The molecule has 3 aliphatic heterocycles. The first-order chi connectivity index (χ1) is 8.33. The molecule has 3 saturated heterocycles. The number of piperazine rings is 3. The number of fused-ring (bicyclic) bond motifs is 3. The van der Waals surface area contributed by atoms with Gasteiger partial charge in [0.05, 0.1) is 6.10 Å². The quantitative estimate of drug-likeness (QED) is 0.797. The monoisotopic (exact) mass is 233 g/mol. The molecule has 3 fully saturated rings. The van der Waals surface area contributed by atoms with Gasteiger partial charge in [-0.25, -0.2) is 0 Å². The molecule has 2 atom stereocenters. The Bertz CT molecular complexity index is 362. The summed E-state index contributed by atoms with van der Waals surface area (Å²) in [5.74, 6) is 0. The second-order valence-electron chi connectivity index (χ2n) is 5.04. The summed E-state index contributed by atoms with van der Waals surface area (Å²) in [4.78, 5) is 8.98. The molecule has 0 amide bonds. The maximum atomic E-state index is 10.4. The van der Waals surface area contributed by atoms with Gasteiger partial charge in [0, 0.05) is 57.6 Å². The topological polar surface area (TPSA) is 39.6 Å². The largest absolute Gasteiger partial charge is 0.391 e. The van der Waals surface area contributed by atoms with Gasteiger partial charge in [0.15, 0.2) is 0 Å². The molecule has 0 aliphatic carbocycles. The van der Waals surface area contributed by atoms with E-state index in [2.05, 4.69) is 14.8 Å². The molecule has 1 N–H and O–H groups in total. The molecule has 1 aromatic rings. The number of nitrogens with zero attached hydrogens (tertiary/aromatic N) is 3. The molecule has 4 heteroatoms. The van der Waals surface area contributed by atoms with Gasteiger partial charge in [-0.15, -0.1) is 0 Å². The highest BCUT2D eigenvalue weighted by Crippen LogP contribution is 2.20. The van der Waals surface area contributed by atoms with Crippen LogP contribution in [0.4, 0.5) is 0 Å². The van der Waals surface area contributed by atoms with Crippen LogP contribution in [0.2, 0.25) is 0 Å². The standard InChI is InChI=1S/C13H19N3O/c17-13(8-11-2-1-3-14-9-11)12-10-15-4-6-16(12)7-5-15/h1-3,9,12-13,17H,4-8,10H2. The zero-order chi connectivity index (χ0) is 11.7. The van der Waals surface area contributed by atoms with Gasteiger partial charge in [-0.3, -0.25) is 14.8 Å². The van der Waals surface area contributed by atoms with Gasteiger partial charge in [-0.2, -0.15) is 0 Å². The molecule has 2 unspecified atom stereocenters. The summed E-state index contributed by atoms with van der Waals surface area (Å²) in [6, 6.07) is 4.27. The van der Waals surface area contributed by atoms with E-state index in [1.165, 1.54) is 0 Å². The molecule has 17 heavy (non-hydrogen) atoms. The van der Waals surface area contributed by atoms with Crippen LogP contribution in [0.15, 0.2) is 24.5 Å². The maximum absolute atomic E-state index is 10.4. The van der Waals surface area contributed by atoms with Crippen LogP contribution in [-0.2, 0) is 6.42 Å². The van der Waals surface area contributed by atoms with Gasteiger partial charge in [0.2, 0.25) is 0 Å². The van der Waals surface area contributed by atoms with Gasteiger partial charge in [0.25, 0.3) is 0 Å². The lowest BCUT2D eigenvalue weighted by molar-refractivity contribution is -0.0453. The summed E-state index contributed by atoms with van der Waals surface area (Å²) in [7, 11) is 0. The van der Waals surface area contributed by atoms with Gasteiger partial charge in [-0.05, 0) is 11.6 Å². The van der Waals surface area contributed by atoms with Gasteiger partial charge in [-0.1, -0.05) is 6.07 Å². The number of aliphatic hydroxyl groups excluding tert-OH is 1. The Labute approximate surface area is 102 Å². The van der Waals surface area contributed by atoms with E-state index in [4.69, 9.17) is 0 Å². The van der Waals surface area contributed by atoms with Crippen LogP contribution in [-0.4, -0.2) is 64.8 Å². The summed E-state index contributed by atoms with van der Waals surface area (Å²) in [6.45, 7) is 5.55. The first-order valence-corrected chi connectivity index (χ1v) is 6.36. The Morgan fingerprint density at radius 2 is 2.18 bits per heavy atom. The summed E-state index contributed by atoms with van der Waals surface area (Å²) < 4.78 is 0. The van der Waals surface area contributed by atoms with E-state index < -0.39 is 0 Å². The molecule has 0 saturated carbocycles. The molecule has 1 aromatic heterocycles.